The average Bonchev–Trinajstić information content (AvgIpc) is 2.82. The number of thiophene rings is 1. The molecule has 0 aliphatic rings. The number of aromatic amines is 1. The van der Waals surface area contributed by atoms with Gasteiger partial charge in [0.2, 0.25) is 0 Å². The van der Waals surface area contributed by atoms with E-state index in [-0.39, 0.29) is 0 Å². The Morgan fingerprint density at radius 2 is 2.28 bits per heavy atom. The molecule has 92 valence electrons. The molecule has 0 saturated carbocycles. The highest BCUT2D eigenvalue weighted by Crippen LogP contribution is 2.23. The first kappa shape index (κ1) is 11.6. The highest BCUT2D eigenvalue weighted by molar-refractivity contribution is 7.71. The SMILES string of the molecule is Cc1cc(Cn2c(=S)[nH]c3cnccc32)sc1C. The number of hydrogen-bond acceptors (Lipinski definition) is 3. The van der Waals surface area contributed by atoms with Gasteiger partial charge in [-0.2, -0.15) is 0 Å². The van der Waals surface area contributed by atoms with Crippen LogP contribution in [0.15, 0.2) is 24.5 Å². The van der Waals surface area contributed by atoms with Crippen molar-refractivity contribution in [3.63, 3.8) is 0 Å². The van der Waals surface area contributed by atoms with Gasteiger partial charge in [0.15, 0.2) is 4.77 Å². The van der Waals surface area contributed by atoms with Crippen molar-refractivity contribution in [3.05, 3.63) is 44.6 Å². The van der Waals surface area contributed by atoms with Gasteiger partial charge < -0.3 is 9.55 Å². The van der Waals surface area contributed by atoms with E-state index in [0.29, 0.717) is 0 Å². The summed E-state index contributed by atoms with van der Waals surface area (Å²) in [4.78, 5) is 10.00. The minimum Gasteiger partial charge on any atom is -0.329 e. The zero-order chi connectivity index (χ0) is 12.7. The van der Waals surface area contributed by atoms with E-state index < -0.39 is 0 Å². The fraction of sp³-hybridized carbons (Fsp3) is 0.231. The standard InChI is InChI=1S/C13H13N3S2/c1-8-5-10(18-9(8)2)7-16-12-3-4-14-6-11(12)15-13(16)17/h3-6H,7H2,1-2H3,(H,15,17). The minimum absolute atomic E-state index is 0.752. The number of pyridine rings is 1. The summed E-state index contributed by atoms with van der Waals surface area (Å²) in [5, 5.41) is 0. The molecule has 3 aromatic rings. The molecule has 0 aromatic carbocycles. The molecule has 0 saturated heterocycles. The monoisotopic (exact) mass is 275 g/mol. The lowest BCUT2D eigenvalue weighted by atomic mass is 10.3. The normalized spacial score (nSPS) is 11.2. The molecule has 0 radical (unpaired) electrons. The largest absolute Gasteiger partial charge is 0.329 e. The van der Waals surface area contributed by atoms with E-state index in [1.807, 2.05) is 23.6 Å². The Kier molecular flexibility index (Phi) is 2.80. The van der Waals surface area contributed by atoms with Crippen molar-refractivity contribution in [1.82, 2.24) is 14.5 Å². The lowest BCUT2D eigenvalue weighted by molar-refractivity contribution is 0.823. The van der Waals surface area contributed by atoms with Gasteiger partial charge in [0.25, 0.3) is 0 Å². The van der Waals surface area contributed by atoms with E-state index in [2.05, 4.69) is 34.4 Å². The Hall–Kier alpha value is -1.46. The van der Waals surface area contributed by atoms with Gasteiger partial charge in [-0.15, -0.1) is 11.3 Å². The average molecular weight is 275 g/mol. The zero-order valence-corrected chi connectivity index (χ0v) is 11.9. The number of aromatic nitrogens is 3. The smallest absolute Gasteiger partial charge is 0.178 e. The van der Waals surface area contributed by atoms with Crippen molar-refractivity contribution in [2.75, 3.05) is 0 Å². The van der Waals surface area contributed by atoms with Crippen LogP contribution in [0.5, 0.6) is 0 Å². The summed E-state index contributed by atoms with van der Waals surface area (Å²) in [6, 6.07) is 4.23. The maximum atomic E-state index is 5.38. The Morgan fingerprint density at radius 3 is 3.00 bits per heavy atom. The van der Waals surface area contributed by atoms with E-state index >= 15 is 0 Å². The zero-order valence-electron chi connectivity index (χ0n) is 10.2. The van der Waals surface area contributed by atoms with Crippen molar-refractivity contribution in [1.29, 1.82) is 0 Å². The molecule has 3 aromatic heterocycles. The van der Waals surface area contributed by atoms with Crippen LogP contribution in [0.1, 0.15) is 15.3 Å². The van der Waals surface area contributed by atoms with Crippen LogP contribution in [0, 0.1) is 18.6 Å². The molecule has 5 heteroatoms. The molecule has 3 nitrogen and oxygen atoms in total. The van der Waals surface area contributed by atoms with Gasteiger partial charge in [0, 0.05) is 16.0 Å². The Labute approximate surface area is 114 Å². The second-order valence-corrected chi connectivity index (χ2v) is 6.09. The number of nitrogens with one attached hydrogen (secondary N) is 1. The van der Waals surface area contributed by atoms with Crippen LogP contribution in [-0.4, -0.2) is 14.5 Å². The van der Waals surface area contributed by atoms with E-state index in [1.165, 1.54) is 15.3 Å². The highest BCUT2D eigenvalue weighted by atomic mass is 32.1. The summed E-state index contributed by atoms with van der Waals surface area (Å²) >= 11 is 7.21. The number of nitrogens with zero attached hydrogens (tertiary/aromatic N) is 2. The van der Waals surface area contributed by atoms with E-state index in [9.17, 15) is 0 Å². The second kappa shape index (κ2) is 4.33. The van der Waals surface area contributed by atoms with Crippen LogP contribution in [0.2, 0.25) is 0 Å². The molecule has 0 unspecified atom stereocenters. The Bertz CT molecular complexity index is 744. The number of hydrogen-bond donors (Lipinski definition) is 1. The van der Waals surface area contributed by atoms with Gasteiger partial charge in [-0.05, 0) is 43.8 Å². The minimum atomic E-state index is 0.752. The molecular weight excluding hydrogens is 262 g/mol. The first-order valence-corrected chi connectivity index (χ1v) is 6.96. The molecule has 0 spiro atoms. The molecule has 3 heterocycles. The van der Waals surface area contributed by atoms with Crippen LogP contribution in [0.4, 0.5) is 0 Å². The highest BCUT2D eigenvalue weighted by Gasteiger charge is 2.07. The second-order valence-electron chi connectivity index (χ2n) is 4.36. The number of fused-ring (bicyclic) bond motifs is 1. The number of rotatable bonds is 2. The third kappa shape index (κ3) is 1.89. The summed E-state index contributed by atoms with van der Waals surface area (Å²) in [5.41, 5.74) is 3.45. The fourth-order valence-electron chi connectivity index (χ4n) is 2.05. The van der Waals surface area contributed by atoms with Crippen molar-refractivity contribution < 1.29 is 0 Å². The lowest BCUT2D eigenvalue weighted by Gasteiger charge is -2.01. The summed E-state index contributed by atoms with van der Waals surface area (Å²) in [6.07, 6.45) is 3.61. The summed E-state index contributed by atoms with van der Waals surface area (Å²) in [6.45, 7) is 5.12. The lowest BCUT2D eigenvalue weighted by Crippen LogP contribution is -1.97. The number of imidazole rings is 1. The first-order chi connectivity index (χ1) is 8.65. The predicted octanol–water partition coefficient (Wildman–Crippen LogP) is 3.82. The van der Waals surface area contributed by atoms with Crippen molar-refractivity contribution in [2.24, 2.45) is 0 Å². The van der Waals surface area contributed by atoms with Crippen molar-refractivity contribution in [2.45, 2.75) is 20.4 Å². The maximum Gasteiger partial charge on any atom is 0.178 e. The fourth-order valence-corrected chi connectivity index (χ4v) is 3.37. The summed E-state index contributed by atoms with van der Waals surface area (Å²) in [5.74, 6) is 0. The van der Waals surface area contributed by atoms with Crippen LogP contribution >= 0.6 is 23.6 Å². The molecule has 0 atom stereocenters. The van der Waals surface area contributed by atoms with Crippen LogP contribution in [0.3, 0.4) is 0 Å². The molecule has 0 fully saturated rings. The van der Waals surface area contributed by atoms with Crippen LogP contribution in [0.25, 0.3) is 11.0 Å². The van der Waals surface area contributed by atoms with Gasteiger partial charge in [-0.3, -0.25) is 4.98 Å². The van der Waals surface area contributed by atoms with Gasteiger partial charge in [-0.1, -0.05) is 0 Å². The van der Waals surface area contributed by atoms with Crippen molar-refractivity contribution >= 4 is 34.6 Å². The number of aryl methyl sites for hydroxylation is 2. The molecule has 0 aliphatic heterocycles. The molecule has 1 N–H and O–H groups in total. The molecule has 0 bridgehead atoms. The van der Waals surface area contributed by atoms with E-state index in [4.69, 9.17) is 12.2 Å². The molecule has 18 heavy (non-hydrogen) atoms. The quantitative estimate of drug-likeness (QED) is 0.721. The van der Waals surface area contributed by atoms with Gasteiger partial charge in [-0.25, -0.2) is 0 Å². The Morgan fingerprint density at radius 1 is 1.44 bits per heavy atom. The molecule has 3 rings (SSSR count). The molecule has 0 amide bonds. The third-order valence-electron chi connectivity index (χ3n) is 3.11. The maximum absolute atomic E-state index is 5.38. The van der Waals surface area contributed by atoms with E-state index in [1.54, 1.807) is 6.20 Å². The van der Waals surface area contributed by atoms with Gasteiger partial charge >= 0.3 is 0 Å². The first-order valence-electron chi connectivity index (χ1n) is 5.73. The summed E-state index contributed by atoms with van der Waals surface area (Å²) in [7, 11) is 0. The van der Waals surface area contributed by atoms with Crippen molar-refractivity contribution in [3.8, 4) is 0 Å². The number of H-pyrrole nitrogens is 1. The van der Waals surface area contributed by atoms with Gasteiger partial charge in [0.1, 0.15) is 0 Å². The molecule has 0 aliphatic carbocycles. The predicted molar refractivity (Wildman–Crippen MR) is 77.8 cm³/mol. The van der Waals surface area contributed by atoms with Gasteiger partial charge in [0.05, 0.1) is 23.8 Å². The Balaban J connectivity index is 2.09. The topological polar surface area (TPSA) is 33.6 Å². The van der Waals surface area contributed by atoms with Crippen LogP contribution < -0.4 is 0 Å². The third-order valence-corrected chi connectivity index (χ3v) is 4.57. The molecular formula is C13H13N3S2. The van der Waals surface area contributed by atoms with Crippen LogP contribution in [-0.2, 0) is 6.54 Å². The van der Waals surface area contributed by atoms with E-state index in [0.717, 1.165) is 22.3 Å². The summed E-state index contributed by atoms with van der Waals surface area (Å²) < 4.78 is 2.87.